The van der Waals surface area contributed by atoms with Crippen LogP contribution in [0.3, 0.4) is 0 Å². The van der Waals surface area contributed by atoms with E-state index in [1.54, 1.807) is 156 Å². The van der Waals surface area contributed by atoms with Crippen molar-refractivity contribution in [1.29, 1.82) is 0 Å². The maximum Gasteiger partial charge on any atom is 0.407 e. The molecule has 4 aromatic carbocycles. The number of carbonyl (C=O) groups excluding carboxylic acids is 5. The number of rotatable bonds is 18. The Morgan fingerprint density at radius 2 is 0.873 bits per heavy atom. The molecule has 0 radical (unpaired) electrons. The molecule has 0 atom stereocenters. The molecule has 0 bridgehead atoms. The molecule has 0 aliphatic rings. The number of aromatic carboxylic acids is 1. The van der Waals surface area contributed by atoms with Crippen molar-refractivity contribution in [2.24, 2.45) is 64.3 Å². The van der Waals surface area contributed by atoms with Gasteiger partial charge in [-0.3, -0.25) is 19.0 Å². The van der Waals surface area contributed by atoms with Gasteiger partial charge in [0, 0.05) is 78.8 Å². The number of carboxylic acid groups (broad SMARTS) is 1. The maximum atomic E-state index is 12.5. The van der Waals surface area contributed by atoms with E-state index >= 15 is 0 Å². The summed E-state index contributed by atoms with van der Waals surface area (Å²) in [6.45, 7) is 43.7. The number of hydrogen-bond donors (Lipinski definition) is 8. The van der Waals surface area contributed by atoms with Crippen LogP contribution in [0.2, 0.25) is 0 Å². The van der Waals surface area contributed by atoms with Crippen molar-refractivity contribution in [3.8, 4) is 22.8 Å². The number of halogens is 1. The molecule has 11 N–H and O–H groups in total. The molecule has 0 spiro atoms. The van der Waals surface area contributed by atoms with Crippen LogP contribution in [0.1, 0.15) is 230 Å². The van der Waals surface area contributed by atoms with Gasteiger partial charge >= 0.3 is 24.1 Å². The van der Waals surface area contributed by atoms with Crippen molar-refractivity contribution in [2.75, 3.05) is 0 Å². The molecule has 0 aliphatic carbocycles. The molecule has 0 saturated heterocycles. The molecule has 8 rings (SSSR count). The first-order chi connectivity index (χ1) is 50.8. The number of amides is 3. The van der Waals surface area contributed by atoms with Gasteiger partial charge in [-0.2, -0.15) is 20.2 Å². The summed E-state index contributed by atoms with van der Waals surface area (Å²) in [7, 11) is 3.44. The minimum Gasteiger partial charge on any atom is -0.477 e. The van der Waals surface area contributed by atoms with E-state index in [0.29, 0.717) is 78.3 Å². The normalized spacial score (nSPS) is 11.9. The number of nitrogens with two attached hydrogens (primary N) is 3. The van der Waals surface area contributed by atoms with Crippen molar-refractivity contribution < 1.29 is 62.4 Å². The van der Waals surface area contributed by atoms with Crippen molar-refractivity contribution >= 4 is 58.5 Å². The molecule has 110 heavy (non-hydrogen) atoms. The zero-order valence-electron chi connectivity index (χ0n) is 68.3. The third-order valence-corrected chi connectivity index (χ3v) is 15.1. The number of aromatic nitrogens is 8. The monoisotopic (exact) mass is 1540 g/mol. The highest BCUT2D eigenvalue weighted by Crippen LogP contribution is 2.27. The highest BCUT2D eigenvalue weighted by molar-refractivity contribution is 6.64. The molecule has 0 fully saturated rings. The summed E-state index contributed by atoms with van der Waals surface area (Å²) < 4.78 is 23.9. The lowest BCUT2D eigenvalue weighted by atomic mass is 9.97. The third-order valence-electron chi connectivity index (χ3n) is 14.5. The lowest BCUT2D eigenvalue weighted by Crippen LogP contribution is -2.32. The van der Waals surface area contributed by atoms with Gasteiger partial charge in [0.25, 0.3) is 5.91 Å². The number of alkyl carbamates (subject to hydrolysis) is 2. The number of aryl methyl sites for hydroxylation is 2. The molecule has 0 saturated carbocycles. The van der Waals surface area contributed by atoms with E-state index in [1.165, 1.54) is 4.68 Å². The zero-order chi connectivity index (χ0) is 83.5. The van der Waals surface area contributed by atoms with Gasteiger partial charge in [0.2, 0.25) is 28.7 Å². The molecule has 4 heterocycles. The molecule has 30 heteroatoms. The van der Waals surface area contributed by atoms with Crippen LogP contribution in [-0.4, -0.2) is 108 Å². The number of amidine groups is 2. The molecule has 3 amide bonds. The second-order valence-corrected chi connectivity index (χ2v) is 33.0. The number of carboxylic acids is 1. The highest BCUT2D eigenvalue weighted by atomic mass is 35.5. The minimum absolute atomic E-state index is 0.0478. The van der Waals surface area contributed by atoms with Crippen LogP contribution in [-0.2, 0) is 87.8 Å². The predicted molar refractivity (Wildman–Crippen MR) is 425 cm³/mol. The Balaban J connectivity index is 0.000000356. The van der Waals surface area contributed by atoms with Crippen molar-refractivity contribution in [3.63, 3.8) is 0 Å². The number of nitrogens with one attached hydrogen (secondary N) is 3. The lowest BCUT2D eigenvalue weighted by Gasteiger charge is -2.19. The first kappa shape index (κ1) is 93.4. The first-order valence-electron chi connectivity index (χ1n) is 35.8. The van der Waals surface area contributed by atoms with Gasteiger partial charge < -0.3 is 66.8 Å². The average molecular weight is 1540 g/mol. The summed E-state index contributed by atoms with van der Waals surface area (Å²) in [5.74, 6) is 2.07. The van der Waals surface area contributed by atoms with Crippen molar-refractivity contribution in [3.05, 3.63) is 177 Å². The van der Waals surface area contributed by atoms with Crippen LogP contribution in [0, 0.1) is 22.7 Å². The summed E-state index contributed by atoms with van der Waals surface area (Å²) in [4.78, 5) is 81.8. The van der Waals surface area contributed by atoms with Crippen molar-refractivity contribution in [1.82, 2.24) is 55.8 Å². The topological polar surface area (TPSA) is 423 Å². The summed E-state index contributed by atoms with van der Waals surface area (Å²) in [6, 6.07) is 33.2. The maximum absolute atomic E-state index is 12.5. The molecule has 29 nitrogen and oxygen atoms in total. The van der Waals surface area contributed by atoms with Gasteiger partial charge in [-0.25, -0.2) is 19.2 Å². The third kappa shape index (κ3) is 34.6. The van der Waals surface area contributed by atoms with Crippen molar-refractivity contribution in [2.45, 2.75) is 213 Å². The fourth-order valence-electron chi connectivity index (χ4n) is 8.53. The van der Waals surface area contributed by atoms with Gasteiger partial charge in [0.15, 0.2) is 11.7 Å². The average Bonchev–Trinajstić information content (AvgIpc) is 1.70. The second kappa shape index (κ2) is 41.7. The zero-order valence-corrected chi connectivity index (χ0v) is 69.0. The fourth-order valence-corrected chi connectivity index (χ4v) is 8.53. The van der Waals surface area contributed by atoms with Gasteiger partial charge in [-0.15, -0.1) is 0 Å². The van der Waals surface area contributed by atoms with Crippen LogP contribution < -0.4 is 33.2 Å². The lowest BCUT2D eigenvalue weighted by molar-refractivity contribution is -0.152. The Hall–Kier alpha value is -10.8. The Morgan fingerprint density at radius 1 is 0.527 bits per heavy atom. The quantitative estimate of drug-likeness (QED) is 0.00987. The minimum atomic E-state index is -0.926. The summed E-state index contributed by atoms with van der Waals surface area (Å²) >= 11 is 5.11. The van der Waals surface area contributed by atoms with Crippen LogP contribution in [0.25, 0.3) is 22.8 Å². The summed E-state index contributed by atoms with van der Waals surface area (Å²) in [5.41, 5.74) is 23.9. The largest absolute Gasteiger partial charge is 0.477 e. The summed E-state index contributed by atoms with van der Waals surface area (Å²) in [5, 5.41) is 48.4. The van der Waals surface area contributed by atoms with Crippen LogP contribution in [0.5, 0.6) is 0 Å². The number of carbonyl (C=O) groups is 6. The fraction of sp³-hybridized carbons (Fsp3) is 0.475. The standard InChI is InChI=1S/C22H29N5O2.C18H27N3O4.C13H19N3O3.C13H17N3O.C9H14N2O2.C5H9ClO/c1-14(2)11-17-12-18(27(6)25-17)20(28)23-13-15-7-9-16(10-8-15)19-24-21(29-26-19)22(3,4)5;1-17(2,3)15(22)25-21-14(19)13-9-7-12(8-10-13)11-20-16(23)24-18(4,5)6;1-13(2,3)19-12(17)15-8-9-4-6-10(7-5-9)11(14)16-18;1-13(2,3)12-15-11(16-17-12)10-6-4-9(8-14)5-7-10;1-6(2)4-7-5-8(9(12)13)11(3)10-7;1-5(2,3)4(6)7/h7-10,12,14H,11,13H2,1-6H3,(H,23,28);7-10H,11H2,1-6H3,(H2,19,21)(H,20,23);4-7,18H,8H2,1-3H3,(H2,14,16)(H,15,17);4-7H,8,14H2,1-3H3;5-6H,4H2,1-3H3,(H,12,13);1-3H3. The van der Waals surface area contributed by atoms with E-state index in [-0.39, 0.29) is 44.8 Å². The SMILES string of the molecule is CC(C)(C)C(=O)Cl.CC(C)(C)OC(=O)NCc1ccc(/C(N)=N/OC(=O)C(C)(C)C)cc1.CC(C)(C)OC(=O)NCc1ccc(/C(N)=N\O)cc1.CC(C)(C)c1nc(-c2ccc(CN)cc2)no1.CC(C)Cc1cc(C(=O)NCc2ccc(-c3noc(C(C)(C)C)n3)cc2)n(C)n1.CC(C)Cc1cc(C(=O)O)n(C)n1. The van der Waals surface area contributed by atoms with Gasteiger partial charge in [-0.05, 0) is 133 Å². The molecule has 0 aliphatic heterocycles. The van der Waals surface area contributed by atoms with Crippen LogP contribution in [0.4, 0.5) is 9.59 Å². The van der Waals surface area contributed by atoms with E-state index in [2.05, 4.69) is 84.4 Å². The van der Waals surface area contributed by atoms with E-state index < -0.39 is 40.7 Å². The number of oxime groups is 2. The summed E-state index contributed by atoms with van der Waals surface area (Å²) in [6.07, 6.45) is 0.733. The van der Waals surface area contributed by atoms with Gasteiger partial charge in [-0.1, -0.05) is 208 Å². The highest BCUT2D eigenvalue weighted by Gasteiger charge is 2.26. The Bertz CT molecular complexity index is 4300. The van der Waals surface area contributed by atoms with E-state index in [4.69, 9.17) is 62.5 Å². The van der Waals surface area contributed by atoms with Crippen LogP contribution >= 0.6 is 11.6 Å². The van der Waals surface area contributed by atoms with E-state index in [1.807, 2.05) is 96.1 Å². The second-order valence-electron chi connectivity index (χ2n) is 32.6. The molecule has 4 aromatic heterocycles. The van der Waals surface area contributed by atoms with E-state index in [9.17, 15) is 28.8 Å². The molecule has 600 valence electrons. The molecule has 0 unspecified atom stereocenters. The van der Waals surface area contributed by atoms with E-state index in [0.717, 1.165) is 57.6 Å². The number of nitrogens with zero attached hydrogens (tertiary/aromatic N) is 10. The number of hydrogen-bond acceptors (Lipinski definition) is 21. The molecular formula is C80H115ClN16O13. The van der Waals surface area contributed by atoms with Gasteiger partial charge in [0.05, 0.1) is 16.8 Å². The Kier molecular flexibility index (Phi) is 35.4. The Morgan fingerprint density at radius 3 is 1.18 bits per heavy atom. The number of benzene rings is 4. The van der Waals surface area contributed by atoms with Crippen LogP contribution in [0.15, 0.2) is 129 Å². The predicted octanol–water partition coefficient (Wildman–Crippen LogP) is 14.2. The first-order valence-corrected chi connectivity index (χ1v) is 36.2. The number of ether oxygens (including phenoxy) is 2. The molecule has 8 aromatic rings. The van der Waals surface area contributed by atoms with Gasteiger partial charge in [0.1, 0.15) is 22.6 Å². The Labute approximate surface area is 651 Å². The smallest absolute Gasteiger partial charge is 0.407 e. The molecular weight excluding hydrogens is 1430 g/mol.